The molecule has 1 fully saturated rings. The van der Waals surface area contributed by atoms with Crippen molar-refractivity contribution in [1.29, 1.82) is 0 Å². The third-order valence-electron chi connectivity index (χ3n) is 3.31. The number of hydrogen-bond donors (Lipinski definition) is 0. The molecule has 0 N–H and O–H groups in total. The Morgan fingerprint density at radius 3 is 2.58 bits per heavy atom. The standard InChI is InChI=1S/C11H17Si/c1-12(2)11-8-7-9-5-3-4-6-10(9)11/h3-6,9-11H,7-8H2,1-2H3. The highest BCUT2D eigenvalue weighted by atomic mass is 28.3. The highest BCUT2D eigenvalue weighted by Crippen LogP contribution is 2.45. The van der Waals surface area contributed by atoms with Crippen molar-refractivity contribution in [2.24, 2.45) is 11.8 Å². The van der Waals surface area contributed by atoms with Gasteiger partial charge >= 0.3 is 0 Å². The molecule has 3 unspecified atom stereocenters. The fraction of sp³-hybridized carbons (Fsp3) is 0.636. The number of hydrogen-bond acceptors (Lipinski definition) is 0. The monoisotopic (exact) mass is 177 g/mol. The molecule has 3 atom stereocenters. The van der Waals surface area contributed by atoms with Gasteiger partial charge in [0.1, 0.15) is 0 Å². The van der Waals surface area contributed by atoms with Crippen molar-refractivity contribution in [1.82, 2.24) is 0 Å². The lowest BCUT2D eigenvalue weighted by Gasteiger charge is -2.23. The van der Waals surface area contributed by atoms with Crippen molar-refractivity contribution >= 4 is 8.80 Å². The summed E-state index contributed by atoms with van der Waals surface area (Å²) in [5, 5.41) is 0. The van der Waals surface area contributed by atoms with Gasteiger partial charge in [-0.3, -0.25) is 0 Å². The van der Waals surface area contributed by atoms with E-state index in [4.69, 9.17) is 0 Å². The van der Waals surface area contributed by atoms with E-state index >= 15 is 0 Å². The summed E-state index contributed by atoms with van der Waals surface area (Å²) >= 11 is 0. The van der Waals surface area contributed by atoms with E-state index in [-0.39, 0.29) is 8.80 Å². The molecule has 0 aromatic carbocycles. The summed E-state index contributed by atoms with van der Waals surface area (Å²) in [6.45, 7) is 4.92. The Morgan fingerprint density at radius 1 is 1.08 bits per heavy atom. The molecule has 1 saturated carbocycles. The van der Waals surface area contributed by atoms with Gasteiger partial charge in [-0.15, -0.1) is 0 Å². The van der Waals surface area contributed by atoms with Gasteiger partial charge in [0.15, 0.2) is 0 Å². The zero-order valence-electron chi connectivity index (χ0n) is 7.96. The summed E-state index contributed by atoms with van der Waals surface area (Å²) in [4.78, 5) is 0. The molecule has 0 aromatic rings. The van der Waals surface area contributed by atoms with Crippen LogP contribution in [0.25, 0.3) is 0 Å². The van der Waals surface area contributed by atoms with E-state index < -0.39 is 0 Å². The third-order valence-corrected chi connectivity index (χ3v) is 5.47. The SMILES string of the molecule is C[Si](C)C1CCC2C=CC=CC21. The molecule has 0 aliphatic heterocycles. The predicted octanol–water partition coefficient (Wildman–Crippen LogP) is 3.26. The summed E-state index contributed by atoms with van der Waals surface area (Å²) in [5.74, 6) is 1.79. The first kappa shape index (κ1) is 8.30. The summed E-state index contributed by atoms with van der Waals surface area (Å²) in [7, 11) is -0.0662. The molecular formula is C11H17Si. The van der Waals surface area contributed by atoms with Gasteiger partial charge in [0, 0.05) is 8.80 Å². The molecule has 0 amide bonds. The van der Waals surface area contributed by atoms with Gasteiger partial charge in [0.2, 0.25) is 0 Å². The van der Waals surface area contributed by atoms with Gasteiger partial charge in [0.05, 0.1) is 0 Å². The van der Waals surface area contributed by atoms with E-state index in [0.29, 0.717) is 0 Å². The van der Waals surface area contributed by atoms with Gasteiger partial charge in [-0.25, -0.2) is 0 Å². The normalized spacial score (nSPS) is 39.1. The van der Waals surface area contributed by atoms with Crippen LogP contribution in [0.5, 0.6) is 0 Å². The largest absolute Gasteiger partial charge is 0.0809 e. The van der Waals surface area contributed by atoms with E-state index in [9.17, 15) is 0 Å². The fourth-order valence-corrected chi connectivity index (χ4v) is 4.50. The predicted molar refractivity (Wildman–Crippen MR) is 55.7 cm³/mol. The first-order valence-electron chi connectivity index (χ1n) is 4.94. The van der Waals surface area contributed by atoms with Crippen LogP contribution in [-0.2, 0) is 0 Å². The van der Waals surface area contributed by atoms with Crippen LogP contribution in [0, 0.1) is 11.8 Å². The molecule has 0 heterocycles. The van der Waals surface area contributed by atoms with E-state index in [2.05, 4.69) is 37.4 Å². The van der Waals surface area contributed by atoms with E-state index in [0.717, 1.165) is 17.4 Å². The van der Waals surface area contributed by atoms with Crippen LogP contribution in [0.15, 0.2) is 24.3 Å². The van der Waals surface area contributed by atoms with Crippen molar-refractivity contribution in [3.63, 3.8) is 0 Å². The second-order valence-corrected chi connectivity index (χ2v) is 7.17. The quantitative estimate of drug-likeness (QED) is 0.539. The van der Waals surface area contributed by atoms with Gasteiger partial charge in [-0.1, -0.05) is 43.8 Å². The lowest BCUT2D eigenvalue weighted by atomic mass is 9.92. The molecule has 2 aliphatic rings. The lowest BCUT2D eigenvalue weighted by Crippen LogP contribution is -2.18. The maximum Gasteiger partial charge on any atom is 0.0452 e. The van der Waals surface area contributed by atoms with Crippen LogP contribution in [0.1, 0.15) is 12.8 Å². The first-order chi connectivity index (χ1) is 5.79. The Balaban J connectivity index is 2.13. The van der Waals surface area contributed by atoms with Crippen molar-refractivity contribution in [3.8, 4) is 0 Å². The number of rotatable bonds is 1. The maximum absolute atomic E-state index is 2.46. The van der Waals surface area contributed by atoms with Crippen LogP contribution >= 0.6 is 0 Å². The summed E-state index contributed by atoms with van der Waals surface area (Å²) < 4.78 is 0. The van der Waals surface area contributed by atoms with E-state index in [1.54, 1.807) is 0 Å². The summed E-state index contributed by atoms with van der Waals surface area (Å²) in [6, 6.07) is 0. The Hall–Kier alpha value is -0.303. The zero-order valence-corrected chi connectivity index (χ0v) is 8.96. The summed E-state index contributed by atoms with van der Waals surface area (Å²) in [6.07, 6.45) is 12.2. The molecule has 12 heavy (non-hydrogen) atoms. The van der Waals surface area contributed by atoms with E-state index in [1.807, 2.05) is 0 Å². The van der Waals surface area contributed by atoms with E-state index in [1.165, 1.54) is 12.8 Å². The topological polar surface area (TPSA) is 0 Å². The Kier molecular flexibility index (Phi) is 2.22. The van der Waals surface area contributed by atoms with Crippen LogP contribution in [0.4, 0.5) is 0 Å². The second-order valence-electron chi connectivity index (χ2n) is 4.27. The summed E-state index contributed by atoms with van der Waals surface area (Å²) in [5.41, 5.74) is 1.04. The molecular weight excluding hydrogens is 160 g/mol. The molecule has 0 bridgehead atoms. The van der Waals surface area contributed by atoms with Crippen LogP contribution < -0.4 is 0 Å². The zero-order chi connectivity index (χ0) is 8.55. The highest BCUT2D eigenvalue weighted by molar-refractivity contribution is 6.57. The van der Waals surface area contributed by atoms with Crippen LogP contribution in [0.2, 0.25) is 18.6 Å². The minimum atomic E-state index is -0.0662. The first-order valence-corrected chi connectivity index (χ1v) is 7.52. The lowest BCUT2D eigenvalue weighted by molar-refractivity contribution is 0.548. The molecule has 0 spiro atoms. The smallest absolute Gasteiger partial charge is 0.0452 e. The van der Waals surface area contributed by atoms with Crippen molar-refractivity contribution < 1.29 is 0 Å². The van der Waals surface area contributed by atoms with Gasteiger partial charge in [-0.2, -0.15) is 0 Å². The van der Waals surface area contributed by atoms with Crippen molar-refractivity contribution in [2.45, 2.75) is 31.5 Å². The molecule has 65 valence electrons. The van der Waals surface area contributed by atoms with Crippen LogP contribution in [-0.4, -0.2) is 8.80 Å². The molecule has 0 nitrogen and oxygen atoms in total. The minimum Gasteiger partial charge on any atom is -0.0809 e. The number of fused-ring (bicyclic) bond motifs is 1. The highest BCUT2D eigenvalue weighted by Gasteiger charge is 2.35. The average molecular weight is 177 g/mol. The number of allylic oxidation sites excluding steroid dienone is 4. The molecule has 0 saturated heterocycles. The fourth-order valence-electron chi connectivity index (χ4n) is 2.63. The molecule has 2 rings (SSSR count). The van der Waals surface area contributed by atoms with Gasteiger partial charge in [0.25, 0.3) is 0 Å². The molecule has 1 heteroatoms. The van der Waals surface area contributed by atoms with Crippen molar-refractivity contribution in [2.75, 3.05) is 0 Å². The third kappa shape index (κ3) is 1.31. The Labute approximate surface area is 77.0 Å². The molecule has 1 radical (unpaired) electrons. The second kappa shape index (κ2) is 3.21. The Bertz CT molecular complexity index is 215. The van der Waals surface area contributed by atoms with Crippen LogP contribution in [0.3, 0.4) is 0 Å². The minimum absolute atomic E-state index is 0.0662. The maximum atomic E-state index is 2.46. The Morgan fingerprint density at radius 2 is 1.83 bits per heavy atom. The van der Waals surface area contributed by atoms with Gasteiger partial charge < -0.3 is 0 Å². The average Bonchev–Trinajstić information content (AvgIpc) is 2.47. The van der Waals surface area contributed by atoms with Gasteiger partial charge in [-0.05, 0) is 23.8 Å². The van der Waals surface area contributed by atoms with Crippen molar-refractivity contribution in [3.05, 3.63) is 24.3 Å². The molecule has 2 aliphatic carbocycles. The molecule has 0 aromatic heterocycles.